The molecule has 0 radical (unpaired) electrons. The first kappa shape index (κ1) is 17.3. The van der Waals surface area contributed by atoms with E-state index in [2.05, 4.69) is 0 Å². The van der Waals surface area contributed by atoms with E-state index in [9.17, 15) is 20.2 Å². The molecule has 0 aromatic heterocycles. The highest BCUT2D eigenvalue weighted by Gasteiger charge is 2.21. The molecule has 0 saturated carbocycles. The number of rotatable bonds is 6. The van der Waals surface area contributed by atoms with Gasteiger partial charge in [0, 0.05) is 6.07 Å². The fraction of sp³-hybridized carbons (Fsp3) is 0.100. The minimum atomic E-state index is -0.627. The quantitative estimate of drug-likeness (QED) is 0.465. The fourth-order valence-electron chi connectivity index (χ4n) is 2.94. The first-order valence-electron chi connectivity index (χ1n) is 8.11. The van der Waals surface area contributed by atoms with Gasteiger partial charge in [-0.15, -0.1) is 0 Å². The molecule has 6 heteroatoms. The Morgan fingerprint density at radius 3 is 2.08 bits per heavy atom. The van der Waals surface area contributed by atoms with E-state index >= 15 is 0 Å². The summed E-state index contributed by atoms with van der Waals surface area (Å²) in [5.41, 5.74) is 2.72. The van der Waals surface area contributed by atoms with E-state index in [4.69, 9.17) is 0 Å². The van der Waals surface area contributed by atoms with Gasteiger partial charge in [-0.1, -0.05) is 54.6 Å². The summed E-state index contributed by atoms with van der Waals surface area (Å²) in [5, 5.41) is 22.4. The predicted molar refractivity (Wildman–Crippen MR) is 99.0 cm³/mol. The molecule has 6 nitrogen and oxygen atoms in total. The smallest absolute Gasteiger partial charge is 0.258 e. The van der Waals surface area contributed by atoms with Crippen LogP contribution in [0.5, 0.6) is 0 Å². The van der Waals surface area contributed by atoms with E-state index in [0.717, 1.165) is 23.6 Å². The van der Waals surface area contributed by atoms with Crippen LogP contribution in [-0.2, 0) is 12.8 Å². The summed E-state index contributed by atoms with van der Waals surface area (Å²) in [7, 11) is 0. The minimum absolute atomic E-state index is 0.258. The second kappa shape index (κ2) is 7.57. The van der Waals surface area contributed by atoms with Crippen molar-refractivity contribution < 1.29 is 9.85 Å². The number of nitrogens with zero attached hydrogens (tertiary/aromatic N) is 2. The highest BCUT2D eigenvalue weighted by Crippen LogP contribution is 2.35. The Kier molecular flexibility index (Phi) is 5.03. The molecule has 3 aromatic rings. The van der Waals surface area contributed by atoms with E-state index < -0.39 is 9.85 Å². The van der Waals surface area contributed by atoms with E-state index in [1.165, 1.54) is 17.7 Å². The van der Waals surface area contributed by atoms with E-state index in [-0.39, 0.29) is 11.4 Å². The van der Waals surface area contributed by atoms with Gasteiger partial charge >= 0.3 is 0 Å². The van der Waals surface area contributed by atoms with Gasteiger partial charge < -0.3 is 0 Å². The molecule has 0 aliphatic rings. The standard InChI is InChI=1S/C20H16N2O4/c23-21(24)17-12-13-19(20(14-17)22(25)26)18-9-5-4-8-16(18)11-10-15-6-2-1-3-7-15/h1-9,12-14H,10-11H2. The summed E-state index contributed by atoms with van der Waals surface area (Å²) in [6, 6.07) is 21.2. The van der Waals surface area contributed by atoms with Crippen LogP contribution in [0.15, 0.2) is 72.8 Å². The van der Waals surface area contributed by atoms with Gasteiger partial charge in [0.25, 0.3) is 11.4 Å². The van der Waals surface area contributed by atoms with Crippen LogP contribution < -0.4 is 0 Å². The SMILES string of the molecule is O=[N+]([O-])c1ccc(-c2ccccc2CCc2ccccc2)c([N+](=O)[O-])c1. The Balaban J connectivity index is 1.99. The van der Waals surface area contributed by atoms with Crippen molar-refractivity contribution in [1.29, 1.82) is 0 Å². The van der Waals surface area contributed by atoms with E-state index in [1.54, 1.807) is 0 Å². The van der Waals surface area contributed by atoms with Crippen molar-refractivity contribution in [3.63, 3.8) is 0 Å². The van der Waals surface area contributed by atoms with Crippen LogP contribution in [0.1, 0.15) is 11.1 Å². The lowest BCUT2D eigenvalue weighted by molar-refractivity contribution is -0.393. The lowest BCUT2D eigenvalue weighted by Gasteiger charge is -2.10. The summed E-state index contributed by atoms with van der Waals surface area (Å²) in [6.07, 6.45) is 1.52. The number of hydrogen-bond donors (Lipinski definition) is 0. The van der Waals surface area contributed by atoms with Gasteiger partial charge in [0.15, 0.2) is 0 Å². The molecule has 0 amide bonds. The zero-order valence-electron chi connectivity index (χ0n) is 13.9. The highest BCUT2D eigenvalue weighted by molar-refractivity contribution is 5.77. The number of aryl methyl sites for hydroxylation is 2. The van der Waals surface area contributed by atoms with Crippen molar-refractivity contribution in [1.82, 2.24) is 0 Å². The Morgan fingerprint density at radius 2 is 1.38 bits per heavy atom. The van der Waals surface area contributed by atoms with Gasteiger partial charge in [-0.05, 0) is 35.6 Å². The van der Waals surface area contributed by atoms with Gasteiger partial charge in [-0.25, -0.2) is 0 Å². The average Bonchev–Trinajstić information content (AvgIpc) is 2.67. The molecule has 0 fully saturated rings. The number of nitro groups is 2. The number of hydrogen-bond acceptors (Lipinski definition) is 4. The maximum Gasteiger partial charge on any atom is 0.284 e. The lowest BCUT2D eigenvalue weighted by Crippen LogP contribution is -1.98. The second-order valence-electron chi connectivity index (χ2n) is 5.86. The summed E-state index contributed by atoms with van der Waals surface area (Å²) >= 11 is 0. The molecular weight excluding hydrogens is 332 g/mol. The third-order valence-electron chi connectivity index (χ3n) is 4.22. The number of nitro benzene ring substituents is 2. The van der Waals surface area contributed by atoms with E-state index in [0.29, 0.717) is 12.0 Å². The highest BCUT2D eigenvalue weighted by atomic mass is 16.6. The Bertz CT molecular complexity index is 955. The topological polar surface area (TPSA) is 86.3 Å². The molecule has 0 spiro atoms. The van der Waals surface area contributed by atoms with Crippen LogP contribution in [-0.4, -0.2) is 9.85 Å². The third kappa shape index (κ3) is 3.75. The summed E-state index contributed by atoms with van der Waals surface area (Å²) < 4.78 is 0. The van der Waals surface area contributed by atoms with Crippen LogP contribution in [0.4, 0.5) is 11.4 Å². The molecule has 0 unspecified atom stereocenters. The summed E-state index contributed by atoms with van der Waals surface area (Å²) in [5.74, 6) is 0. The molecule has 0 aliphatic carbocycles. The Labute approximate surface area is 150 Å². The second-order valence-corrected chi connectivity index (χ2v) is 5.86. The fourth-order valence-corrected chi connectivity index (χ4v) is 2.94. The van der Waals surface area contributed by atoms with Gasteiger partial charge in [-0.3, -0.25) is 20.2 Å². The predicted octanol–water partition coefficient (Wildman–Crippen LogP) is 4.96. The van der Waals surface area contributed by atoms with Crippen molar-refractivity contribution in [2.45, 2.75) is 12.8 Å². The molecule has 0 N–H and O–H groups in total. The summed E-state index contributed by atoms with van der Waals surface area (Å²) in [4.78, 5) is 21.2. The average molecular weight is 348 g/mol. The maximum absolute atomic E-state index is 11.4. The van der Waals surface area contributed by atoms with Gasteiger partial charge in [0.2, 0.25) is 0 Å². The molecule has 0 heterocycles. The first-order chi connectivity index (χ1) is 12.6. The van der Waals surface area contributed by atoms with Crippen molar-refractivity contribution in [2.75, 3.05) is 0 Å². The molecule has 0 bridgehead atoms. The first-order valence-corrected chi connectivity index (χ1v) is 8.11. The van der Waals surface area contributed by atoms with Crippen molar-refractivity contribution in [2.24, 2.45) is 0 Å². The van der Waals surface area contributed by atoms with Crippen LogP contribution in [0.2, 0.25) is 0 Å². The minimum Gasteiger partial charge on any atom is -0.258 e. The monoisotopic (exact) mass is 348 g/mol. The van der Waals surface area contributed by atoms with Crippen LogP contribution >= 0.6 is 0 Å². The third-order valence-corrected chi connectivity index (χ3v) is 4.22. The van der Waals surface area contributed by atoms with Crippen molar-refractivity contribution in [3.05, 3.63) is 104 Å². The Morgan fingerprint density at radius 1 is 0.692 bits per heavy atom. The normalized spacial score (nSPS) is 10.5. The van der Waals surface area contributed by atoms with Crippen molar-refractivity contribution >= 4 is 11.4 Å². The summed E-state index contributed by atoms with van der Waals surface area (Å²) in [6.45, 7) is 0. The molecule has 3 aromatic carbocycles. The Hall–Kier alpha value is -3.54. The molecule has 130 valence electrons. The van der Waals surface area contributed by atoms with Crippen LogP contribution in [0.25, 0.3) is 11.1 Å². The zero-order chi connectivity index (χ0) is 18.5. The van der Waals surface area contributed by atoms with Crippen molar-refractivity contribution in [3.8, 4) is 11.1 Å². The number of non-ortho nitro benzene ring substituents is 1. The molecule has 0 aliphatic heterocycles. The largest absolute Gasteiger partial charge is 0.284 e. The molecule has 3 rings (SSSR count). The number of benzene rings is 3. The molecule has 0 saturated heterocycles. The zero-order valence-corrected chi connectivity index (χ0v) is 13.9. The van der Waals surface area contributed by atoms with Gasteiger partial charge in [-0.2, -0.15) is 0 Å². The molecule has 0 atom stereocenters. The molecular formula is C20H16N2O4. The maximum atomic E-state index is 11.4. The lowest BCUT2D eigenvalue weighted by atomic mass is 9.94. The van der Waals surface area contributed by atoms with Gasteiger partial charge in [0.05, 0.1) is 21.5 Å². The van der Waals surface area contributed by atoms with Crippen LogP contribution in [0.3, 0.4) is 0 Å². The van der Waals surface area contributed by atoms with Gasteiger partial charge in [0.1, 0.15) is 0 Å². The molecule has 26 heavy (non-hydrogen) atoms. The van der Waals surface area contributed by atoms with Crippen LogP contribution in [0, 0.1) is 20.2 Å². The van der Waals surface area contributed by atoms with E-state index in [1.807, 2.05) is 54.6 Å².